The summed E-state index contributed by atoms with van der Waals surface area (Å²) in [5.74, 6) is -1.22. The van der Waals surface area contributed by atoms with Crippen molar-refractivity contribution < 1.29 is 14.7 Å². The molecule has 1 aliphatic rings. The van der Waals surface area contributed by atoms with Crippen molar-refractivity contribution in [2.75, 3.05) is 13.1 Å². The van der Waals surface area contributed by atoms with Crippen LogP contribution in [-0.4, -0.2) is 42.2 Å². The summed E-state index contributed by atoms with van der Waals surface area (Å²) < 4.78 is 0. The maximum absolute atomic E-state index is 11.7. The SMILES string of the molecule is NCCC[C@H](NC(=O)[C@@H]1CCCN1)C(=O)O. The van der Waals surface area contributed by atoms with E-state index >= 15 is 0 Å². The van der Waals surface area contributed by atoms with E-state index in [2.05, 4.69) is 10.6 Å². The normalized spacial score (nSPS) is 21.7. The number of hydrogen-bond acceptors (Lipinski definition) is 4. The van der Waals surface area contributed by atoms with Gasteiger partial charge in [0, 0.05) is 0 Å². The van der Waals surface area contributed by atoms with Gasteiger partial charge in [0.1, 0.15) is 6.04 Å². The Kier molecular flexibility index (Phi) is 5.21. The van der Waals surface area contributed by atoms with Crippen LogP contribution in [0, 0.1) is 0 Å². The summed E-state index contributed by atoms with van der Waals surface area (Å²) in [6.07, 6.45) is 2.70. The molecule has 1 amide bonds. The van der Waals surface area contributed by atoms with Crippen LogP contribution in [0.3, 0.4) is 0 Å². The summed E-state index contributed by atoms with van der Waals surface area (Å²) in [7, 11) is 0. The number of carboxylic acids is 1. The van der Waals surface area contributed by atoms with Crippen LogP contribution in [-0.2, 0) is 9.59 Å². The minimum atomic E-state index is -1.00. The number of nitrogens with one attached hydrogen (secondary N) is 2. The molecule has 1 rings (SSSR count). The van der Waals surface area contributed by atoms with E-state index in [4.69, 9.17) is 10.8 Å². The zero-order chi connectivity index (χ0) is 12.0. The fraction of sp³-hybridized carbons (Fsp3) is 0.800. The highest BCUT2D eigenvalue weighted by Crippen LogP contribution is 2.06. The summed E-state index contributed by atoms with van der Waals surface area (Å²) in [5.41, 5.74) is 5.31. The fourth-order valence-electron chi connectivity index (χ4n) is 1.76. The highest BCUT2D eigenvalue weighted by Gasteiger charge is 2.26. The minimum absolute atomic E-state index is 0.220. The van der Waals surface area contributed by atoms with Crippen LogP contribution in [0.5, 0.6) is 0 Å². The van der Waals surface area contributed by atoms with Gasteiger partial charge in [-0.1, -0.05) is 0 Å². The molecule has 1 aliphatic heterocycles. The molecule has 1 saturated heterocycles. The predicted molar refractivity (Wildman–Crippen MR) is 58.9 cm³/mol. The standard InChI is InChI=1S/C10H19N3O3/c11-5-1-3-8(10(15)16)13-9(14)7-4-2-6-12-7/h7-8,12H,1-6,11H2,(H,13,14)(H,15,16)/t7-,8-/m0/s1. The Morgan fingerprint density at radius 3 is 2.81 bits per heavy atom. The van der Waals surface area contributed by atoms with E-state index in [1.165, 1.54) is 0 Å². The zero-order valence-corrected chi connectivity index (χ0v) is 9.24. The average Bonchev–Trinajstić information content (AvgIpc) is 2.76. The van der Waals surface area contributed by atoms with Gasteiger partial charge in [0.2, 0.25) is 5.91 Å². The van der Waals surface area contributed by atoms with E-state index in [9.17, 15) is 9.59 Å². The number of carbonyl (C=O) groups excluding carboxylic acids is 1. The highest BCUT2D eigenvalue weighted by molar-refractivity contribution is 5.87. The lowest BCUT2D eigenvalue weighted by Gasteiger charge is -2.17. The summed E-state index contributed by atoms with van der Waals surface area (Å²) in [5, 5.41) is 14.5. The van der Waals surface area contributed by atoms with Crippen LogP contribution in [0.4, 0.5) is 0 Å². The molecule has 2 atom stereocenters. The Labute approximate surface area is 94.6 Å². The van der Waals surface area contributed by atoms with E-state index in [0.717, 1.165) is 19.4 Å². The van der Waals surface area contributed by atoms with Crippen LogP contribution < -0.4 is 16.4 Å². The third-order valence-electron chi connectivity index (χ3n) is 2.69. The second kappa shape index (κ2) is 6.44. The van der Waals surface area contributed by atoms with Gasteiger partial charge in [0.15, 0.2) is 0 Å². The maximum Gasteiger partial charge on any atom is 0.326 e. The van der Waals surface area contributed by atoms with Gasteiger partial charge in [-0.2, -0.15) is 0 Å². The van der Waals surface area contributed by atoms with E-state index in [1.807, 2.05) is 0 Å². The third-order valence-corrected chi connectivity index (χ3v) is 2.69. The molecule has 6 heteroatoms. The smallest absolute Gasteiger partial charge is 0.326 e. The fourth-order valence-corrected chi connectivity index (χ4v) is 1.76. The first kappa shape index (κ1) is 12.9. The van der Waals surface area contributed by atoms with Gasteiger partial charge in [-0.3, -0.25) is 4.79 Å². The van der Waals surface area contributed by atoms with Gasteiger partial charge in [-0.15, -0.1) is 0 Å². The molecule has 6 nitrogen and oxygen atoms in total. The van der Waals surface area contributed by atoms with Crippen LogP contribution in [0.15, 0.2) is 0 Å². The lowest BCUT2D eigenvalue weighted by molar-refractivity contribution is -0.142. The number of carbonyl (C=O) groups is 2. The third kappa shape index (κ3) is 3.79. The maximum atomic E-state index is 11.7. The molecular formula is C10H19N3O3. The molecule has 0 aromatic rings. The van der Waals surface area contributed by atoms with Crippen molar-refractivity contribution >= 4 is 11.9 Å². The first-order valence-corrected chi connectivity index (χ1v) is 5.61. The molecule has 1 fully saturated rings. The van der Waals surface area contributed by atoms with Gasteiger partial charge in [0.05, 0.1) is 6.04 Å². The largest absolute Gasteiger partial charge is 0.480 e. The second-order valence-corrected chi connectivity index (χ2v) is 3.98. The second-order valence-electron chi connectivity index (χ2n) is 3.98. The summed E-state index contributed by atoms with van der Waals surface area (Å²) in [6, 6.07) is -1.06. The van der Waals surface area contributed by atoms with Crippen LogP contribution >= 0.6 is 0 Å². The van der Waals surface area contributed by atoms with E-state index in [1.54, 1.807) is 0 Å². The van der Waals surface area contributed by atoms with E-state index < -0.39 is 12.0 Å². The Morgan fingerprint density at radius 1 is 1.56 bits per heavy atom. The molecule has 0 unspecified atom stereocenters. The van der Waals surface area contributed by atoms with Gasteiger partial charge < -0.3 is 21.5 Å². The molecule has 0 bridgehead atoms. The molecule has 0 aromatic heterocycles. The first-order chi connectivity index (χ1) is 7.65. The lowest BCUT2D eigenvalue weighted by Crippen LogP contribution is -2.48. The van der Waals surface area contributed by atoms with Crippen LogP contribution in [0.25, 0.3) is 0 Å². The van der Waals surface area contributed by atoms with Crippen molar-refractivity contribution in [2.45, 2.75) is 37.8 Å². The number of hydrogen-bond donors (Lipinski definition) is 4. The Balaban J connectivity index is 2.40. The number of aliphatic carboxylic acids is 1. The molecule has 0 aliphatic carbocycles. The van der Waals surface area contributed by atoms with E-state index in [-0.39, 0.29) is 11.9 Å². The molecule has 0 aromatic carbocycles. The highest BCUT2D eigenvalue weighted by atomic mass is 16.4. The summed E-state index contributed by atoms with van der Waals surface area (Å²) >= 11 is 0. The Morgan fingerprint density at radius 2 is 2.31 bits per heavy atom. The summed E-state index contributed by atoms with van der Waals surface area (Å²) in [6.45, 7) is 1.25. The van der Waals surface area contributed by atoms with Crippen LogP contribution in [0.2, 0.25) is 0 Å². The van der Waals surface area contributed by atoms with Crippen molar-refractivity contribution in [2.24, 2.45) is 5.73 Å². The van der Waals surface area contributed by atoms with Crippen molar-refractivity contribution in [1.29, 1.82) is 0 Å². The topological polar surface area (TPSA) is 104 Å². The van der Waals surface area contributed by atoms with Gasteiger partial charge in [-0.25, -0.2) is 4.79 Å². The number of nitrogens with two attached hydrogens (primary N) is 1. The number of rotatable bonds is 6. The number of amides is 1. The Bertz CT molecular complexity index is 252. The average molecular weight is 229 g/mol. The van der Waals surface area contributed by atoms with Crippen molar-refractivity contribution in [3.63, 3.8) is 0 Å². The molecule has 1 heterocycles. The minimum Gasteiger partial charge on any atom is -0.480 e. The first-order valence-electron chi connectivity index (χ1n) is 5.61. The molecule has 16 heavy (non-hydrogen) atoms. The quantitative estimate of drug-likeness (QED) is 0.470. The monoisotopic (exact) mass is 229 g/mol. The molecular weight excluding hydrogens is 210 g/mol. The molecule has 92 valence electrons. The molecule has 5 N–H and O–H groups in total. The lowest BCUT2D eigenvalue weighted by atomic mass is 10.1. The molecule has 0 saturated carbocycles. The summed E-state index contributed by atoms with van der Waals surface area (Å²) in [4.78, 5) is 22.5. The van der Waals surface area contributed by atoms with Gasteiger partial charge in [-0.05, 0) is 38.8 Å². The zero-order valence-electron chi connectivity index (χ0n) is 9.24. The van der Waals surface area contributed by atoms with Gasteiger partial charge >= 0.3 is 5.97 Å². The van der Waals surface area contributed by atoms with Crippen LogP contribution in [0.1, 0.15) is 25.7 Å². The van der Waals surface area contributed by atoms with Crippen molar-refractivity contribution in [3.05, 3.63) is 0 Å². The predicted octanol–water partition coefficient (Wildman–Crippen LogP) is -0.953. The number of carboxylic acid groups (broad SMARTS) is 1. The molecule has 0 spiro atoms. The van der Waals surface area contributed by atoms with Crippen molar-refractivity contribution in [3.8, 4) is 0 Å². The Hall–Kier alpha value is -1.14. The van der Waals surface area contributed by atoms with Crippen molar-refractivity contribution in [1.82, 2.24) is 10.6 Å². The van der Waals surface area contributed by atoms with E-state index in [0.29, 0.717) is 19.4 Å². The molecule has 0 radical (unpaired) electrons. The van der Waals surface area contributed by atoms with Gasteiger partial charge in [0.25, 0.3) is 0 Å².